The lowest BCUT2D eigenvalue weighted by Crippen LogP contribution is -2.30. The molecule has 1 heterocycles. The molecule has 1 saturated heterocycles. The Bertz CT molecular complexity index is 614. The Morgan fingerprint density at radius 2 is 1.86 bits per heavy atom. The van der Waals surface area contributed by atoms with Gasteiger partial charge in [-0.2, -0.15) is 0 Å². The van der Waals surface area contributed by atoms with Crippen LogP contribution in [0, 0.1) is 6.92 Å². The van der Waals surface area contributed by atoms with E-state index in [2.05, 4.69) is 10.6 Å². The van der Waals surface area contributed by atoms with Crippen LogP contribution in [0.1, 0.15) is 25.3 Å². The maximum Gasteiger partial charge on any atom is 0.332 e. The number of aliphatic carboxylic acids is 1. The van der Waals surface area contributed by atoms with Crippen molar-refractivity contribution in [2.24, 2.45) is 0 Å². The lowest BCUT2D eigenvalue weighted by Gasteiger charge is -2.13. The molecule has 2 amide bonds. The van der Waals surface area contributed by atoms with Crippen molar-refractivity contribution in [2.45, 2.75) is 38.9 Å². The number of carbonyl (C=O) groups is 3. The molecule has 1 aromatic rings. The molecule has 2 atom stereocenters. The number of anilines is 2. The van der Waals surface area contributed by atoms with Gasteiger partial charge in [0, 0.05) is 18.3 Å². The fourth-order valence-electron chi connectivity index (χ4n) is 2.26. The number of ether oxygens (including phenoxy) is 1. The predicted octanol–water partition coefficient (Wildman–Crippen LogP) is 1.52. The Morgan fingerprint density at radius 3 is 2.45 bits per heavy atom. The van der Waals surface area contributed by atoms with Crippen molar-refractivity contribution in [1.29, 1.82) is 0 Å². The van der Waals surface area contributed by atoms with Crippen LogP contribution in [0.4, 0.5) is 11.4 Å². The maximum atomic E-state index is 12.1. The Kier molecular flexibility index (Phi) is 4.77. The van der Waals surface area contributed by atoms with E-state index in [-0.39, 0.29) is 11.8 Å². The van der Waals surface area contributed by atoms with Crippen molar-refractivity contribution in [3.8, 4) is 0 Å². The molecule has 0 aromatic heterocycles. The molecule has 7 heteroatoms. The van der Waals surface area contributed by atoms with Crippen molar-refractivity contribution in [2.75, 3.05) is 10.6 Å². The standard InChI is InChI=1S/C15H18N2O5/c1-8-3-4-10(7-11(8)16-9(2)18)17-14(19)12-5-6-13(22-12)15(20)21/h3-4,7,12-13H,5-6H2,1-2H3,(H,16,18)(H,17,19)(H,20,21)/t12-,13+/m0/s1. The van der Waals surface area contributed by atoms with Gasteiger partial charge in [-0.1, -0.05) is 6.07 Å². The summed E-state index contributed by atoms with van der Waals surface area (Å²) >= 11 is 0. The Balaban J connectivity index is 2.03. The van der Waals surface area contributed by atoms with Crippen LogP contribution in [-0.2, 0) is 19.1 Å². The lowest BCUT2D eigenvalue weighted by molar-refractivity contribution is -0.150. The first-order chi connectivity index (χ1) is 10.4. The molecular formula is C15H18N2O5. The highest BCUT2D eigenvalue weighted by Crippen LogP contribution is 2.23. The second-order valence-electron chi connectivity index (χ2n) is 5.23. The first-order valence-corrected chi connectivity index (χ1v) is 6.94. The van der Waals surface area contributed by atoms with Gasteiger partial charge in [-0.05, 0) is 37.5 Å². The van der Waals surface area contributed by atoms with Gasteiger partial charge in [-0.25, -0.2) is 4.79 Å². The molecule has 0 spiro atoms. The second-order valence-corrected chi connectivity index (χ2v) is 5.23. The number of aryl methyl sites for hydroxylation is 1. The van der Waals surface area contributed by atoms with Gasteiger partial charge in [0.15, 0.2) is 6.10 Å². The number of benzene rings is 1. The molecule has 1 aliphatic rings. The largest absolute Gasteiger partial charge is 0.479 e. The quantitative estimate of drug-likeness (QED) is 0.782. The smallest absolute Gasteiger partial charge is 0.332 e. The molecule has 0 unspecified atom stereocenters. The number of hydrogen-bond donors (Lipinski definition) is 3. The molecule has 3 N–H and O–H groups in total. The van der Waals surface area contributed by atoms with Gasteiger partial charge in [-0.15, -0.1) is 0 Å². The molecule has 1 aliphatic heterocycles. The predicted molar refractivity (Wildman–Crippen MR) is 79.6 cm³/mol. The second kappa shape index (κ2) is 6.57. The molecule has 0 aliphatic carbocycles. The summed E-state index contributed by atoms with van der Waals surface area (Å²) in [5, 5.41) is 14.2. The summed E-state index contributed by atoms with van der Waals surface area (Å²) in [6.07, 6.45) is -1.01. The summed E-state index contributed by atoms with van der Waals surface area (Å²) < 4.78 is 5.19. The normalized spacial score (nSPS) is 20.5. The Hall–Kier alpha value is -2.41. The van der Waals surface area contributed by atoms with E-state index in [0.717, 1.165) is 5.56 Å². The minimum absolute atomic E-state index is 0.199. The number of carboxylic acid groups (broad SMARTS) is 1. The summed E-state index contributed by atoms with van der Waals surface area (Å²) in [5.74, 6) is -1.64. The van der Waals surface area contributed by atoms with Crippen LogP contribution in [0.25, 0.3) is 0 Å². The fraction of sp³-hybridized carbons (Fsp3) is 0.400. The number of carbonyl (C=O) groups excluding carboxylic acids is 2. The topological polar surface area (TPSA) is 105 Å². The average molecular weight is 306 g/mol. The SMILES string of the molecule is CC(=O)Nc1cc(NC(=O)[C@@H]2CC[C@H](C(=O)O)O2)ccc1C. The van der Waals surface area contributed by atoms with Crippen LogP contribution in [0.15, 0.2) is 18.2 Å². The van der Waals surface area contributed by atoms with E-state index in [9.17, 15) is 14.4 Å². The van der Waals surface area contributed by atoms with E-state index in [1.54, 1.807) is 18.2 Å². The highest BCUT2D eigenvalue weighted by atomic mass is 16.5. The van der Waals surface area contributed by atoms with Crippen molar-refractivity contribution in [3.05, 3.63) is 23.8 Å². The Morgan fingerprint density at radius 1 is 1.18 bits per heavy atom. The van der Waals surface area contributed by atoms with E-state index in [0.29, 0.717) is 24.2 Å². The van der Waals surface area contributed by atoms with Gasteiger partial charge < -0.3 is 20.5 Å². The number of amides is 2. The van der Waals surface area contributed by atoms with Gasteiger partial charge in [0.05, 0.1) is 0 Å². The van der Waals surface area contributed by atoms with Crippen LogP contribution in [-0.4, -0.2) is 35.1 Å². The molecule has 1 aromatic carbocycles. The average Bonchev–Trinajstić information content (AvgIpc) is 2.92. The minimum atomic E-state index is -1.06. The zero-order valence-electron chi connectivity index (χ0n) is 12.4. The van der Waals surface area contributed by atoms with Crippen molar-refractivity contribution in [3.63, 3.8) is 0 Å². The van der Waals surface area contributed by atoms with Crippen molar-refractivity contribution < 1.29 is 24.2 Å². The molecule has 1 fully saturated rings. The van der Waals surface area contributed by atoms with Gasteiger partial charge in [0.25, 0.3) is 5.91 Å². The summed E-state index contributed by atoms with van der Waals surface area (Å²) in [4.78, 5) is 34.0. The molecule has 0 bridgehead atoms. The maximum absolute atomic E-state index is 12.1. The van der Waals surface area contributed by atoms with Crippen LogP contribution >= 0.6 is 0 Å². The first-order valence-electron chi connectivity index (χ1n) is 6.94. The fourth-order valence-corrected chi connectivity index (χ4v) is 2.26. The summed E-state index contributed by atoms with van der Waals surface area (Å²) in [5.41, 5.74) is 2.00. The van der Waals surface area contributed by atoms with Crippen molar-refractivity contribution in [1.82, 2.24) is 0 Å². The zero-order valence-corrected chi connectivity index (χ0v) is 12.4. The zero-order chi connectivity index (χ0) is 16.3. The van der Waals surface area contributed by atoms with E-state index in [1.165, 1.54) is 6.92 Å². The number of nitrogens with one attached hydrogen (secondary N) is 2. The van der Waals surface area contributed by atoms with Gasteiger partial charge in [-0.3, -0.25) is 9.59 Å². The number of rotatable bonds is 4. The van der Waals surface area contributed by atoms with Gasteiger partial charge >= 0.3 is 5.97 Å². The molecule has 7 nitrogen and oxygen atoms in total. The minimum Gasteiger partial charge on any atom is -0.479 e. The molecule has 118 valence electrons. The van der Waals surface area contributed by atoms with Gasteiger partial charge in [0.1, 0.15) is 6.10 Å². The third kappa shape index (κ3) is 3.82. The molecular weight excluding hydrogens is 288 g/mol. The van der Waals surface area contributed by atoms with E-state index < -0.39 is 18.2 Å². The monoisotopic (exact) mass is 306 g/mol. The molecule has 2 rings (SSSR count). The van der Waals surface area contributed by atoms with E-state index in [1.807, 2.05) is 6.92 Å². The third-order valence-electron chi connectivity index (χ3n) is 3.40. The number of hydrogen-bond acceptors (Lipinski definition) is 4. The van der Waals surface area contributed by atoms with E-state index >= 15 is 0 Å². The highest BCUT2D eigenvalue weighted by Gasteiger charge is 2.34. The molecule has 0 radical (unpaired) electrons. The van der Waals surface area contributed by atoms with E-state index in [4.69, 9.17) is 9.84 Å². The number of carboxylic acids is 1. The molecule has 22 heavy (non-hydrogen) atoms. The summed E-state index contributed by atoms with van der Waals surface area (Å²) in [6.45, 7) is 3.25. The highest BCUT2D eigenvalue weighted by molar-refractivity contribution is 5.96. The first kappa shape index (κ1) is 16.0. The summed E-state index contributed by atoms with van der Waals surface area (Å²) in [7, 11) is 0. The van der Waals surface area contributed by atoms with Gasteiger partial charge in [0.2, 0.25) is 5.91 Å². The van der Waals surface area contributed by atoms with Crippen LogP contribution in [0.2, 0.25) is 0 Å². The molecule has 0 saturated carbocycles. The van der Waals surface area contributed by atoms with Crippen molar-refractivity contribution >= 4 is 29.2 Å². The Labute approximate surface area is 127 Å². The van der Waals surface area contributed by atoms with Crippen LogP contribution < -0.4 is 10.6 Å². The lowest BCUT2D eigenvalue weighted by atomic mass is 10.1. The summed E-state index contributed by atoms with van der Waals surface area (Å²) in [6, 6.07) is 5.14. The third-order valence-corrected chi connectivity index (χ3v) is 3.40. The van der Waals surface area contributed by atoms with Crippen LogP contribution in [0.3, 0.4) is 0 Å². The van der Waals surface area contributed by atoms with Crippen LogP contribution in [0.5, 0.6) is 0 Å².